The average Bonchev–Trinajstić information content (AvgIpc) is 3.39. The van der Waals surface area contributed by atoms with Crippen molar-refractivity contribution >= 4 is 48.1 Å². The Morgan fingerprint density at radius 1 is 1.22 bits per heavy atom. The minimum absolute atomic E-state index is 0.00683. The number of benzene rings is 1. The summed E-state index contributed by atoms with van der Waals surface area (Å²) in [5.41, 5.74) is 1.01. The second-order valence-electron chi connectivity index (χ2n) is 8.93. The third-order valence-corrected chi connectivity index (χ3v) is 7.54. The molecule has 194 valence electrons. The number of nitrogens with one attached hydrogen (secondary N) is 1. The van der Waals surface area contributed by atoms with Crippen LogP contribution in [-0.2, 0) is 20.8 Å². The first-order valence-electron chi connectivity index (χ1n) is 11.8. The Balaban J connectivity index is 1.51. The number of carboxylic acid groups (broad SMARTS) is 1. The molecule has 1 fully saturated rings. The number of thiophene rings is 1. The van der Waals surface area contributed by atoms with Crippen molar-refractivity contribution in [3.8, 4) is 5.75 Å². The molecule has 0 spiro atoms. The lowest BCUT2D eigenvalue weighted by Crippen LogP contribution is -2.58. The number of aryl methyl sites for hydroxylation is 1. The van der Waals surface area contributed by atoms with E-state index in [1.54, 1.807) is 43.5 Å². The first-order chi connectivity index (χ1) is 17.6. The molecule has 13 heteroatoms. The molecular formula is C24H26BN3O8S. The van der Waals surface area contributed by atoms with Crippen molar-refractivity contribution in [1.82, 2.24) is 15.1 Å². The van der Waals surface area contributed by atoms with Gasteiger partial charge < -0.3 is 25.0 Å². The van der Waals surface area contributed by atoms with Gasteiger partial charge in [0.25, 0.3) is 0 Å². The van der Waals surface area contributed by atoms with Gasteiger partial charge >= 0.3 is 30.9 Å². The van der Waals surface area contributed by atoms with Gasteiger partial charge in [0.05, 0.1) is 0 Å². The molecule has 0 aliphatic carbocycles. The molecule has 0 radical (unpaired) electrons. The van der Waals surface area contributed by atoms with E-state index in [9.17, 15) is 34.1 Å². The van der Waals surface area contributed by atoms with Crippen LogP contribution in [0.15, 0.2) is 29.6 Å². The minimum Gasteiger partial charge on any atom is -0.535 e. The topological polar surface area (TPSA) is 154 Å². The van der Waals surface area contributed by atoms with Crippen LogP contribution >= 0.6 is 11.3 Å². The highest BCUT2D eigenvalue weighted by atomic mass is 32.1. The van der Waals surface area contributed by atoms with Gasteiger partial charge in [0.1, 0.15) is 17.4 Å². The summed E-state index contributed by atoms with van der Waals surface area (Å²) in [4.78, 5) is 65.4. The van der Waals surface area contributed by atoms with Crippen molar-refractivity contribution in [2.75, 3.05) is 19.6 Å². The molecule has 0 saturated carbocycles. The van der Waals surface area contributed by atoms with Crippen LogP contribution in [0.4, 0.5) is 4.79 Å². The summed E-state index contributed by atoms with van der Waals surface area (Å²) in [6.07, 6.45) is 0.0100. The number of Topliss-reactive ketones (excluding diaryl/α,β-unsaturated/α-hetero) is 1. The molecule has 2 aliphatic rings. The van der Waals surface area contributed by atoms with Crippen molar-refractivity contribution in [3.05, 3.63) is 51.2 Å². The number of aromatic carboxylic acids is 1. The predicted molar refractivity (Wildman–Crippen MR) is 133 cm³/mol. The molecule has 1 saturated heterocycles. The maximum absolute atomic E-state index is 13.4. The zero-order valence-electron chi connectivity index (χ0n) is 20.3. The molecule has 4 amide bonds. The molecule has 2 atom stereocenters. The molecule has 4 rings (SSSR count). The molecule has 3 heterocycles. The summed E-state index contributed by atoms with van der Waals surface area (Å²) in [5, 5.41) is 24.5. The number of imide groups is 1. The Morgan fingerprint density at radius 3 is 2.62 bits per heavy atom. The highest BCUT2D eigenvalue weighted by Crippen LogP contribution is 2.38. The SMILES string of the molecule is CCN1CCN(C(=O)NC(C(=O)C[C@H]2Cc3ccc(C)c(C(=O)O)c3OB2O)c2cccs2)C(=O)C1=O. The Kier molecular flexibility index (Phi) is 7.64. The second kappa shape index (κ2) is 10.7. The van der Waals surface area contributed by atoms with E-state index in [0.29, 0.717) is 22.5 Å². The molecule has 37 heavy (non-hydrogen) atoms. The first kappa shape index (κ1) is 26.4. The molecular weight excluding hydrogens is 501 g/mol. The van der Waals surface area contributed by atoms with E-state index < -0.39 is 48.6 Å². The van der Waals surface area contributed by atoms with E-state index in [2.05, 4.69) is 5.32 Å². The molecule has 11 nitrogen and oxygen atoms in total. The third kappa shape index (κ3) is 5.23. The number of urea groups is 1. The fourth-order valence-corrected chi connectivity index (χ4v) is 5.37. The lowest BCUT2D eigenvalue weighted by atomic mass is 9.64. The molecule has 2 aliphatic heterocycles. The quantitative estimate of drug-likeness (QED) is 0.363. The van der Waals surface area contributed by atoms with Gasteiger partial charge in [-0.25, -0.2) is 9.59 Å². The van der Waals surface area contributed by atoms with Crippen LogP contribution in [0.2, 0.25) is 5.82 Å². The molecule has 3 N–H and O–H groups in total. The van der Waals surface area contributed by atoms with Crippen molar-refractivity contribution in [2.45, 2.75) is 38.5 Å². The summed E-state index contributed by atoms with van der Waals surface area (Å²) in [5.74, 6) is -3.95. The van der Waals surface area contributed by atoms with E-state index in [1.165, 1.54) is 16.2 Å². The molecule has 2 aromatic rings. The largest absolute Gasteiger partial charge is 0.535 e. The maximum Gasteiger partial charge on any atom is 0.526 e. The number of hydrogen-bond donors (Lipinski definition) is 3. The zero-order valence-corrected chi connectivity index (χ0v) is 21.1. The van der Waals surface area contributed by atoms with E-state index in [4.69, 9.17) is 4.65 Å². The normalized spacial score (nSPS) is 18.2. The summed E-state index contributed by atoms with van der Waals surface area (Å²) in [6.45, 7) is 3.92. The number of nitrogens with zero attached hydrogens (tertiary/aromatic N) is 2. The summed E-state index contributed by atoms with van der Waals surface area (Å²) in [7, 11) is -1.43. The van der Waals surface area contributed by atoms with E-state index in [0.717, 1.165) is 4.90 Å². The van der Waals surface area contributed by atoms with Gasteiger partial charge in [-0.1, -0.05) is 18.2 Å². The highest BCUT2D eigenvalue weighted by molar-refractivity contribution is 7.10. The smallest absolute Gasteiger partial charge is 0.526 e. The van der Waals surface area contributed by atoms with Crippen molar-refractivity contribution in [2.24, 2.45) is 0 Å². The number of carbonyl (C=O) groups is 5. The van der Waals surface area contributed by atoms with Gasteiger partial charge in [0, 0.05) is 36.7 Å². The van der Waals surface area contributed by atoms with E-state index in [1.807, 2.05) is 0 Å². The number of fused-ring (bicyclic) bond motifs is 1. The van der Waals surface area contributed by atoms with Gasteiger partial charge in [-0.2, -0.15) is 0 Å². The lowest BCUT2D eigenvalue weighted by Gasteiger charge is -2.33. The number of rotatable bonds is 7. The molecule has 1 unspecified atom stereocenters. The number of piperazine rings is 1. The Morgan fingerprint density at radius 2 is 1.97 bits per heavy atom. The van der Waals surface area contributed by atoms with Gasteiger partial charge in [-0.05, 0) is 42.8 Å². The zero-order chi connectivity index (χ0) is 26.9. The Bertz CT molecular complexity index is 1250. The number of carbonyl (C=O) groups excluding carboxylic acids is 4. The van der Waals surface area contributed by atoms with Crippen LogP contribution in [0.25, 0.3) is 0 Å². The van der Waals surface area contributed by atoms with Crippen LogP contribution in [0.1, 0.15) is 45.7 Å². The van der Waals surface area contributed by atoms with Crippen molar-refractivity contribution in [1.29, 1.82) is 0 Å². The maximum atomic E-state index is 13.4. The fourth-order valence-electron chi connectivity index (χ4n) is 4.57. The van der Waals surface area contributed by atoms with E-state index >= 15 is 0 Å². The third-order valence-electron chi connectivity index (χ3n) is 6.60. The summed E-state index contributed by atoms with van der Waals surface area (Å²) in [6, 6.07) is 4.77. The number of hydrogen-bond acceptors (Lipinski definition) is 8. The van der Waals surface area contributed by atoms with Gasteiger partial charge in [0.2, 0.25) is 0 Å². The van der Waals surface area contributed by atoms with Crippen LogP contribution in [0.5, 0.6) is 5.75 Å². The highest BCUT2D eigenvalue weighted by Gasteiger charge is 2.41. The molecule has 1 aromatic carbocycles. The first-order valence-corrected chi connectivity index (χ1v) is 12.7. The van der Waals surface area contributed by atoms with Crippen LogP contribution in [0.3, 0.4) is 0 Å². The van der Waals surface area contributed by atoms with Crippen molar-refractivity contribution < 1.29 is 38.8 Å². The standard InChI is InChI=1S/C24H26BN3O8S/c1-3-27-8-9-28(22(31)21(27)30)24(34)26-19(17-5-4-10-37-17)16(29)12-15-11-14-7-6-13(2)18(23(32)33)20(14)36-25(15)35/h4-7,10,15,19,35H,3,8-9,11-12H2,1-2H3,(H,26,34)(H,32,33)/t15-,19?/m1/s1. The Labute approximate surface area is 217 Å². The number of ketones is 1. The van der Waals surface area contributed by atoms with Crippen LogP contribution in [-0.4, -0.2) is 76.3 Å². The van der Waals surface area contributed by atoms with Gasteiger partial charge in [0.15, 0.2) is 5.78 Å². The predicted octanol–water partition coefficient (Wildman–Crippen LogP) is 1.64. The number of carboxylic acids is 1. The van der Waals surface area contributed by atoms with Crippen molar-refractivity contribution in [3.63, 3.8) is 0 Å². The van der Waals surface area contributed by atoms with Gasteiger partial charge in [-0.15, -0.1) is 11.3 Å². The molecule has 1 aromatic heterocycles. The second-order valence-corrected chi connectivity index (χ2v) is 9.91. The van der Waals surface area contributed by atoms with Crippen LogP contribution in [0, 0.1) is 6.92 Å². The van der Waals surface area contributed by atoms with Gasteiger partial charge in [-0.3, -0.25) is 19.3 Å². The summed E-state index contributed by atoms with van der Waals surface area (Å²) >= 11 is 1.24. The molecule has 0 bridgehead atoms. The summed E-state index contributed by atoms with van der Waals surface area (Å²) < 4.78 is 5.55. The number of likely N-dealkylation sites (N-methyl/N-ethyl adjacent to an activating group) is 1. The monoisotopic (exact) mass is 527 g/mol. The average molecular weight is 527 g/mol. The minimum atomic E-state index is -1.43. The Hall–Kier alpha value is -3.71. The fraction of sp³-hybridized carbons (Fsp3) is 0.375. The van der Waals surface area contributed by atoms with E-state index in [-0.39, 0.29) is 37.2 Å². The number of amides is 4. The van der Waals surface area contributed by atoms with Crippen LogP contribution < -0.4 is 9.97 Å². The lowest BCUT2D eigenvalue weighted by molar-refractivity contribution is -0.153.